The summed E-state index contributed by atoms with van der Waals surface area (Å²) in [5.74, 6) is 0.267. The fourth-order valence-corrected chi connectivity index (χ4v) is 3.00. The molecule has 3 rings (SSSR count). The van der Waals surface area contributed by atoms with Crippen LogP contribution >= 0.6 is 0 Å². The lowest BCUT2D eigenvalue weighted by Gasteiger charge is -2.24. The summed E-state index contributed by atoms with van der Waals surface area (Å²) in [5.41, 5.74) is 3.04. The summed E-state index contributed by atoms with van der Waals surface area (Å²) in [5, 5.41) is 0.962. The zero-order valence-electron chi connectivity index (χ0n) is 11.1. The molecule has 0 atom stereocenters. The molecule has 1 aromatic carbocycles. The van der Waals surface area contributed by atoms with Gasteiger partial charge in [0.2, 0.25) is 0 Å². The van der Waals surface area contributed by atoms with Crippen molar-refractivity contribution >= 4 is 16.6 Å². The minimum Gasteiger partial charge on any atom is -0.297 e. The second-order valence-corrected chi connectivity index (χ2v) is 5.10. The number of rotatable bonds is 1. The van der Waals surface area contributed by atoms with E-state index in [4.69, 9.17) is 0 Å². The van der Waals surface area contributed by atoms with E-state index >= 15 is 0 Å². The van der Waals surface area contributed by atoms with Crippen LogP contribution in [0.25, 0.3) is 10.9 Å². The number of aromatic nitrogens is 1. The number of halogens is 1. The van der Waals surface area contributed by atoms with Crippen LogP contribution in [-0.4, -0.2) is 17.7 Å². The maximum Gasteiger partial charge on any atom is 0.149 e. The van der Waals surface area contributed by atoms with Crippen LogP contribution in [-0.2, 0) is 0 Å². The van der Waals surface area contributed by atoms with Crippen molar-refractivity contribution in [2.24, 2.45) is 4.99 Å². The van der Waals surface area contributed by atoms with Crippen LogP contribution in [0.3, 0.4) is 0 Å². The fourth-order valence-electron chi connectivity index (χ4n) is 3.00. The summed E-state index contributed by atoms with van der Waals surface area (Å²) >= 11 is 0. The first-order valence-corrected chi connectivity index (χ1v) is 6.77. The van der Waals surface area contributed by atoms with Crippen LogP contribution < -0.4 is 0 Å². The van der Waals surface area contributed by atoms with Crippen molar-refractivity contribution in [3.63, 3.8) is 0 Å². The van der Waals surface area contributed by atoms with Crippen LogP contribution in [0.5, 0.6) is 0 Å². The van der Waals surface area contributed by atoms with Crippen LogP contribution in [0.1, 0.15) is 37.2 Å². The Kier molecular flexibility index (Phi) is 3.28. The Bertz CT molecular complexity index is 624. The van der Waals surface area contributed by atoms with Crippen LogP contribution in [0.2, 0.25) is 0 Å². The highest BCUT2D eigenvalue weighted by molar-refractivity contribution is 5.86. The van der Waals surface area contributed by atoms with E-state index in [-0.39, 0.29) is 5.82 Å². The van der Waals surface area contributed by atoms with Crippen molar-refractivity contribution in [2.45, 2.75) is 31.6 Å². The normalized spacial score (nSPS) is 19.7. The smallest absolute Gasteiger partial charge is 0.149 e. The fraction of sp³-hybridized carbons (Fsp3) is 0.375. The van der Waals surface area contributed by atoms with Crippen LogP contribution in [0, 0.1) is 5.82 Å². The Morgan fingerprint density at radius 2 is 2.00 bits per heavy atom. The van der Waals surface area contributed by atoms with Gasteiger partial charge in [-0.15, -0.1) is 0 Å². The molecule has 0 radical (unpaired) electrons. The molecule has 1 saturated carbocycles. The monoisotopic (exact) mass is 256 g/mol. The topological polar surface area (TPSA) is 25.2 Å². The Labute approximate surface area is 112 Å². The summed E-state index contributed by atoms with van der Waals surface area (Å²) in [7, 11) is 1.87. The molecule has 0 spiro atoms. The summed E-state index contributed by atoms with van der Waals surface area (Å²) in [6, 6.07) is 7.34. The lowest BCUT2D eigenvalue weighted by atomic mass is 9.81. The molecule has 3 heteroatoms. The molecule has 1 heterocycles. The molecule has 0 unspecified atom stereocenters. The predicted molar refractivity (Wildman–Crippen MR) is 76.3 cm³/mol. The minimum absolute atomic E-state index is 0.231. The van der Waals surface area contributed by atoms with Gasteiger partial charge in [0, 0.05) is 24.3 Å². The molecule has 1 aliphatic carbocycles. The lowest BCUT2D eigenvalue weighted by molar-refractivity contribution is 0.567. The Morgan fingerprint density at radius 1 is 1.21 bits per heavy atom. The van der Waals surface area contributed by atoms with Crippen molar-refractivity contribution in [1.82, 2.24) is 4.98 Å². The molecule has 0 aliphatic heterocycles. The van der Waals surface area contributed by atoms with Gasteiger partial charge >= 0.3 is 0 Å². The molecule has 1 aliphatic rings. The van der Waals surface area contributed by atoms with Gasteiger partial charge in [-0.3, -0.25) is 9.98 Å². The third kappa shape index (κ3) is 2.25. The molecule has 0 saturated heterocycles. The summed E-state index contributed by atoms with van der Waals surface area (Å²) in [6.45, 7) is 0. The Hall–Kier alpha value is -1.77. The quantitative estimate of drug-likeness (QED) is 0.754. The van der Waals surface area contributed by atoms with Gasteiger partial charge < -0.3 is 0 Å². The highest BCUT2D eigenvalue weighted by Crippen LogP contribution is 2.35. The maximum absolute atomic E-state index is 13.8. The zero-order chi connectivity index (χ0) is 13.2. The molecule has 2 aromatic rings. The van der Waals surface area contributed by atoms with Gasteiger partial charge in [0.1, 0.15) is 11.3 Å². The number of pyridine rings is 1. The van der Waals surface area contributed by atoms with E-state index in [1.54, 1.807) is 12.3 Å². The molecule has 0 bridgehead atoms. The highest BCUT2D eigenvalue weighted by atomic mass is 19.1. The molecule has 0 N–H and O–H groups in total. The van der Waals surface area contributed by atoms with Crippen molar-refractivity contribution in [3.05, 3.63) is 41.8 Å². The van der Waals surface area contributed by atoms with E-state index in [0.717, 1.165) is 31.1 Å². The third-order valence-electron chi connectivity index (χ3n) is 4.07. The van der Waals surface area contributed by atoms with Gasteiger partial charge in [0.15, 0.2) is 0 Å². The maximum atomic E-state index is 13.8. The van der Waals surface area contributed by atoms with E-state index in [9.17, 15) is 4.39 Å². The third-order valence-corrected chi connectivity index (χ3v) is 4.07. The molecular formula is C16H17FN2. The van der Waals surface area contributed by atoms with Gasteiger partial charge in [0.05, 0.1) is 0 Å². The molecular weight excluding hydrogens is 239 g/mol. The van der Waals surface area contributed by atoms with Crippen molar-refractivity contribution < 1.29 is 4.39 Å². The summed E-state index contributed by atoms with van der Waals surface area (Å²) < 4.78 is 13.8. The van der Waals surface area contributed by atoms with E-state index < -0.39 is 0 Å². The van der Waals surface area contributed by atoms with Gasteiger partial charge in [-0.1, -0.05) is 12.1 Å². The molecule has 98 valence electrons. The largest absolute Gasteiger partial charge is 0.297 e. The number of hydrogen-bond donors (Lipinski definition) is 0. The second-order valence-electron chi connectivity index (χ2n) is 5.10. The Balaban J connectivity index is 2.00. The molecule has 2 nitrogen and oxygen atoms in total. The molecule has 1 fully saturated rings. The Morgan fingerprint density at radius 3 is 2.74 bits per heavy atom. The van der Waals surface area contributed by atoms with Gasteiger partial charge in [0.25, 0.3) is 0 Å². The van der Waals surface area contributed by atoms with Gasteiger partial charge in [-0.25, -0.2) is 4.39 Å². The number of aliphatic imine (C=N–C) groups is 1. The summed E-state index contributed by atoms with van der Waals surface area (Å²) in [4.78, 5) is 8.47. The van der Waals surface area contributed by atoms with Crippen molar-refractivity contribution in [2.75, 3.05) is 7.05 Å². The number of benzene rings is 1. The molecule has 0 amide bonds. The zero-order valence-corrected chi connectivity index (χ0v) is 11.1. The van der Waals surface area contributed by atoms with Gasteiger partial charge in [-0.2, -0.15) is 0 Å². The standard InChI is InChI=1S/C16H17FN2/c1-18-12-6-4-11(5-7-12)13-8-9-15(17)16-14(13)3-2-10-19-16/h2-3,8-11H,4-7H2,1H3. The average molecular weight is 256 g/mol. The van der Waals surface area contributed by atoms with Crippen LogP contribution in [0.15, 0.2) is 35.5 Å². The first-order chi connectivity index (χ1) is 9.29. The first-order valence-electron chi connectivity index (χ1n) is 6.77. The highest BCUT2D eigenvalue weighted by Gasteiger charge is 2.21. The molecule has 19 heavy (non-hydrogen) atoms. The predicted octanol–water partition coefficient (Wildman–Crippen LogP) is 4.10. The molecule has 1 aromatic heterocycles. The second kappa shape index (κ2) is 5.08. The van der Waals surface area contributed by atoms with E-state index in [0.29, 0.717) is 11.4 Å². The average Bonchev–Trinajstić information content (AvgIpc) is 2.48. The number of fused-ring (bicyclic) bond motifs is 1. The van der Waals surface area contributed by atoms with Crippen molar-refractivity contribution in [3.8, 4) is 0 Å². The van der Waals surface area contributed by atoms with E-state index in [1.807, 2.05) is 25.2 Å². The van der Waals surface area contributed by atoms with Crippen molar-refractivity contribution in [1.29, 1.82) is 0 Å². The SMILES string of the molecule is CN=C1CCC(c2ccc(F)c3ncccc23)CC1. The van der Waals surface area contributed by atoms with Gasteiger partial charge in [-0.05, 0) is 49.3 Å². The minimum atomic E-state index is -0.231. The van der Waals surface area contributed by atoms with E-state index in [2.05, 4.69) is 9.98 Å². The lowest BCUT2D eigenvalue weighted by Crippen LogP contribution is -2.13. The number of hydrogen-bond acceptors (Lipinski definition) is 2. The number of nitrogens with zero attached hydrogens (tertiary/aromatic N) is 2. The van der Waals surface area contributed by atoms with E-state index in [1.165, 1.54) is 11.3 Å². The summed E-state index contributed by atoms with van der Waals surface area (Å²) in [6.07, 6.45) is 5.96. The van der Waals surface area contributed by atoms with Crippen LogP contribution in [0.4, 0.5) is 4.39 Å². The first kappa shape index (κ1) is 12.3.